The van der Waals surface area contributed by atoms with Crippen molar-refractivity contribution in [1.29, 1.82) is 0 Å². The average Bonchev–Trinajstić information content (AvgIpc) is 3.54. The summed E-state index contributed by atoms with van der Waals surface area (Å²) >= 11 is 0. The van der Waals surface area contributed by atoms with Crippen molar-refractivity contribution in [2.75, 3.05) is 0 Å². The Bertz CT molecular complexity index is 1190. The first kappa shape index (κ1) is 35.9. The second-order valence-corrected chi connectivity index (χ2v) is 12.0. The molecule has 1 saturated heterocycles. The normalized spacial score (nSPS) is 21.3. The largest absolute Gasteiger partial charge is 0.362 e. The molecule has 2 unspecified atom stereocenters. The van der Waals surface area contributed by atoms with Gasteiger partial charge in [0.15, 0.2) is 0 Å². The molecule has 0 radical (unpaired) electrons. The van der Waals surface area contributed by atoms with Crippen LogP contribution in [0.25, 0.3) is 0 Å². The van der Waals surface area contributed by atoms with Gasteiger partial charge >= 0.3 is 0 Å². The van der Waals surface area contributed by atoms with Crippen molar-refractivity contribution in [2.24, 2.45) is 0 Å². The van der Waals surface area contributed by atoms with Crippen molar-refractivity contribution < 1.29 is 4.74 Å². The van der Waals surface area contributed by atoms with E-state index in [-0.39, 0.29) is 11.7 Å². The fraction of sp³-hybridized carbons (Fsp3) is 0.400. The van der Waals surface area contributed by atoms with E-state index in [0.29, 0.717) is 0 Å². The molecule has 1 heterocycles. The van der Waals surface area contributed by atoms with E-state index in [4.69, 9.17) is 4.74 Å². The summed E-state index contributed by atoms with van der Waals surface area (Å²) in [5, 5.41) is 0. The highest BCUT2D eigenvalue weighted by Gasteiger charge is 2.49. The Balaban J connectivity index is 2.48. The summed E-state index contributed by atoms with van der Waals surface area (Å²) in [5.41, 5.74) is 9.04. The van der Waals surface area contributed by atoms with Gasteiger partial charge in [-0.25, -0.2) is 0 Å². The first-order valence-electron chi connectivity index (χ1n) is 15.1. The molecule has 0 aliphatic carbocycles. The van der Waals surface area contributed by atoms with Crippen LogP contribution < -0.4 is 0 Å². The van der Waals surface area contributed by atoms with Gasteiger partial charge in [0, 0.05) is 0 Å². The molecule has 1 fully saturated rings. The monoisotopic (exact) mass is 552 g/mol. The minimum absolute atomic E-state index is 0.00173. The fourth-order valence-corrected chi connectivity index (χ4v) is 3.96. The lowest BCUT2D eigenvalue weighted by molar-refractivity contribution is 0.304. The lowest BCUT2D eigenvalue weighted by atomic mass is 10.00. The van der Waals surface area contributed by atoms with Crippen molar-refractivity contribution in [3.8, 4) is 0 Å². The molecule has 1 aliphatic heterocycles. The van der Waals surface area contributed by atoms with Crippen LogP contribution in [0.3, 0.4) is 0 Å². The first-order chi connectivity index (χ1) is 19.4. The molecule has 0 aromatic rings. The Morgan fingerprint density at radius 2 is 1.00 bits per heavy atom. The number of allylic oxidation sites excluding steroid dienone is 23. The van der Waals surface area contributed by atoms with Crippen molar-refractivity contribution >= 4 is 0 Å². The molecule has 222 valence electrons. The third-order valence-corrected chi connectivity index (χ3v) is 6.76. The second-order valence-electron chi connectivity index (χ2n) is 12.0. The van der Waals surface area contributed by atoms with Gasteiger partial charge < -0.3 is 4.74 Å². The summed E-state index contributed by atoms with van der Waals surface area (Å²) in [6, 6.07) is 0. The molecule has 1 nitrogen and oxygen atoms in total. The van der Waals surface area contributed by atoms with Crippen LogP contribution in [0, 0.1) is 0 Å². The molecule has 0 aromatic heterocycles. The smallest absolute Gasteiger partial charge is 0.105 e. The zero-order chi connectivity index (χ0) is 30.7. The van der Waals surface area contributed by atoms with Crippen molar-refractivity contribution in [3.05, 3.63) is 142 Å². The Kier molecular flexibility index (Phi) is 17.4. The predicted molar refractivity (Wildman–Crippen MR) is 185 cm³/mol. The third kappa shape index (κ3) is 18.7. The number of hydrogen-bond donors (Lipinski definition) is 0. The maximum absolute atomic E-state index is 5.92. The van der Waals surface area contributed by atoms with Gasteiger partial charge in [0.05, 0.1) is 5.60 Å². The first-order valence-corrected chi connectivity index (χ1v) is 15.1. The standard InChI is InChI=1S/C40H56O/c1-32(2)18-13-22-36(7)25-15-27-37(8)26-14-23-34(5)20-11-12-21-35(6)24-16-28-38(9)29-30-39-40(10,41-39)31-17-19-33(3)4/h11-12,14-16,18-21,23-30,39H,13,17,22,31H2,1-10H3/b12-11+,23-14-,24-16+,27-15+,30-29+,34-20+,35-21+,36-25-,37-26+,38-28-. The van der Waals surface area contributed by atoms with E-state index >= 15 is 0 Å². The van der Waals surface area contributed by atoms with Gasteiger partial charge in [0.2, 0.25) is 0 Å². The van der Waals surface area contributed by atoms with Gasteiger partial charge in [0.1, 0.15) is 6.10 Å². The van der Waals surface area contributed by atoms with E-state index in [2.05, 4.69) is 173 Å². The van der Waals surface area contributed by atoms with Crippen LogP contribution in [-0.2, 0) is 4.74 Å². The maximum atomic E-state index is 5.92. The summed E-state index contributed by atoms with van der Waals surface area (Å²) in [6.07, 6.45) is 41.3. The minimum Gasteiger partial charge on any atom is -0.362 e. The van der Waals surface area contributed by atoms with E-state index in [0.717, 1.165) is 25.7 Å². The Labute approximate surface area is 253 Å². The molecule has 1 heteroatoms. The van der Waals surface area contributed by atoms with Crippen LogP contribution in [0.1, 0.15) is 94.9 Å². The lowest BCUT2D eigenvalue weighted by Gasteiger charge is -2.02. The zero-order valence-electron chi connectivity index (χ0n) is 27.6. The summed E-state index contributed by atoms with van der Waals surface area (Å²) < 4.78 is 5.92. The highest BCUT2D eigenvalue weighted by molar-refractivity contribution is 5.32. The Morgan fingerprint density at radius 1 is 0.561 bits per heavy atom. The number of ether oxygens (including phenoxy) is 1. The van der Waals surface area contributed by atoms with Gasteiger partial charge in [-0.1, -0.05) is 142 Å². The molecule has 2 atom stereocenters. The van der Waals surface area contributed by atoms with E-state index < -0.39 is 0 Å². The molecule has 0 aromatic carbocycles. The van der Waals surface area contributed by atoms with Crippen LogP contribution in [0.2, 0.25) is 0 Å². The van der Waals surface area contributed by atoms with Crippen LogP contribution >= 0.6 is 0 Å². The zero-order valence-corrected chi connectivity index (χ0v) is 27.6. The molecular formula is C40H56O. The molecule has 1 aliphatic rings. The van der Waals surface area contributed by atoms with Crippen molar-refractivity contribution in [2.45, 2.75) is 107 Å². The summed E-state index contributed by atoms with van der Waals surface area (Å²) in [7, 11) is 0. The highest BCUT2D eigenvalue weighted by atomic mass is 16.6. The summed E-state index contributed by atoms with van der Waals surface area (Å²) in [4.78, 5) is 0. The third-order valence-electron chi connectivity index (χ3n) is 6.76. The quantitative estimate of drug-likeness (QED) is 0.105. The molecule has 41 heavy (non-hydrogen) atoms. The van der Waals surface area contributed by atoms with E-state index in [1.54, 1.807) is 0 Å². The Morgan fingerprint density at radius 3 is 1.51 bits per heavy atom. The van der Waals surface area contributed by atoms with E-state index in [1.807, 2.05) is 0 Å². The number of hydrogen-bond acceptors (Lipinski definition) is 1. The fourth-order valence-electron chi connectivity index (χ4n) is 3.96. The van der Waals surface area contributed by atoms with Gasteiger partial charge in [-0.3, -0.25) is 0 Å². The van der Waals surface area contributed by atoms with Gasteiger partial charge in [-0.2, -0.15) is 0 Å². The van der Waals surface area contributed by atoms with Crippen LogP contribution in [0.4, 0.5) is 0 Å². The van der Waals surface area contributed by atoms with Crippen LogP contribution in [0.5, 0.6) is 0 Å². The van der Waals surface area contributed by atoms with Crippen LogP contribution in [0.15, 0.2) is 142 Å². The summed E-state index contributed by atoms with van der Waals surface area (Å²) in [6.45, 7) is 21.5. The lowest BCUT2D eigenvalue weighted by Crippen LogP contribution is -2.07. The molecule has 0 amide bonds. The average molecular weight is 553 g/mol. The van der Waals surface area contributed by atoms with E-state index in [1.165, 1.54) is 39.0 Å². The van der Waals surface area contributed by atoms with E-state index in [9.17, 15) is 0 Å². The second kappa shape index (κ2) is 19.8. The minimum atomic E-state index is 0.00173. The molecule has 0 saturated carbocycles. The van der Waals surface area contributed by atoms with Crippen molar-refractivity contribution in [3.63, 3.8) is 0 Å². The molecule has 0 bridgehead atoms. The predicted octanol–water partition coefficient (Wildman–Crippen LogP) is 12.1. The van der Waals surface area contributed by atoms with Crippen molar-refractivity contribution in [1.82, 2.24) is 0 Å². The molecular weight excluding hydrogens is 496 g/mol. The maximum Gasteiger partial charge on any atom is 0.105 e. The van der Waals surface area contributed by atoms with Crippen LogP contribution in [-0.4, -0.2) is 11.7 Å². The molecule has 1 rings (SSSR count). The van der Waals surface area contributed by atoms with Gasteiger partial charge in [0.25, 0.3) is 0 Å². The number of rotatable bonds is 16. The van der Waals surface area contributed by atoms with Gasteiger partial charge in [-0.05, 0) is 94.9 Å². The molecule has 0 spiro atoms. The SMILES string of the molecule is CC(C)=CCC\C(C)=C/C=C/C(C)=C/C=C\C(C)=C\C=C\C=C(C)\C=C\C=C(C)/C=C/C1OC1(C)CCC=C(C)C. The number of epoxide rings is 1. The van der Waals surface area contributed by atoms with Gasteiger partial charge in [-0.15, -0.1) is 0 Å². The summed E-state index contributed by atoms with van der Waals surface area (Å²) in [5.74, 6) is 0. The highest BCUT2D eigenvalue weighted by Crippen LogP contribution is 2.41. The molecule has 0 N–H and O–H groups in total. The topological polar surface area (TPSA) is 12.5 Å². The Hall–Kier alpha value is -3.16.